The maximum absolute atomic E-state index is 5.72. The Morgan fingerprint density at radius 3 is 2.82 bits per heavy atom. The van der Waals surface area contributed by atoms with Crippen LogP contribution in [-0.4, -0.2) is 19.6 Å². The van der Waals surface area contributed by atoms with Gasteiger partial charge in [0.05, 0.1) is 13.7 Å². The Morgan fingerprint density at radius 1 is 1.41 bits per heavy atom. The fourth-order valence-corrected chi connectivity index (χ4v) is 1.52. The van der Waals surface area contributed by atoms with E-state index in [9.17, 15) is 0 Å². The van der Waals surface area contributed by atoms with E-state index in [2.05, 4.69) is 23.3 Å². The second-order valence-corrected chi connectivity index (χ2v) is 3.99. The number of methoxy groups -OCH3 is 1. The van der Waals surface area contributed by atoms with Crippen LogP contribution in [0.2, 0.25) is 0 Å². The summed E-state index contributed by atoms with van der Waals surface area (Å²) in [6.07, 6.45) is 1.04. The minimum atomic E-state index is 0.493. The van der Waals surface area contributed by atoms with Gasteiger partial charge in [0.25, 0.3) is 0 Å². The Labute approximate surface area is 103 Å². The third-order valence-corrected chi connectivity index (χ3v) is 2.33. The van der Waals surface area contributed by atoms with Crippen LogP contribution in [0.4, 0.5) is 0 Å². The highest BCUT2D eigenvalue weighted by atomic mass is 16.5. The molecule has 0 atom stereocenters. The number of nitrogens with two attached hydrogens (primary N) is 1. The molecule has 0 aromatic heterocycles. The molecule has 0 heterocycles. The number of nitrogens with one attached hydrogen (secondary N) is 1. The maximum atomic E-state index is 5.72. The second kappa shape index (κ2) is 6.78. The molecule has 17 heavy (non-hydrogen) atoms. The highest BCUT2D eigenvalue weighted by molar-refractivity contribution is 5.77. The molecule has 1 aromatic carbocycles. The van der Waals surface area contributed by atoms with Crippen LogP contribution in [0.15, 0.2) is 23.2 Å². The molecule has 0 aliphatic rings. The summed E-state index contributed by atoms with van der Waals surface area (Å²) in [7, 11) is 1.67. The van der Waals surface area contributed by atoms with Crippen LogP contribution in [0.1, 0.15) is 24.5 Å². The molecule has 4 nitrogen and oxygen atoms in total. The van der Waals surface area contributed by atoms with Crippen molar-refractivity contribution in [2.75, 3.05) is 13.7 Å². The molecule has 0 unspecified atom stereocenters. The van der Waals surface area contributed by atoms with E-state index in [1.54, 1.807) is 7.11 Å². The summed E-state index contributed by atoms with van der Waals surface area (Å²) in [6.45, 7) is 5.55. The van der Waals surface area contributed by atoms with Gasteiger partial charge >= 0.3 is 0 Å². The van der Waals surface area contributed by atoms with Crippen molar-refractivity contribution < 1.29 is 4.74 Å². The lowest BCUT2D eigenvalue weighted by Gasteiger charge is -2.06. The zero-order valence-electron chi connectivity index (χ0n) is 10.8. The molecule has 3 N–H and O–H groups in total. The number of aliphatic imine (C=N–C) groups is 1. The average Bonchev–Trinajstić information content (AvgIpc) is 2.33. The van der Waals surface area contributed by atoms with E-state index >= 15 is 0 Å². The number of guanidine groups is 1. The van der Waals surface area contributed by atoms with Crippen molar-refractivity contribution >= 4 is 5.96 Å². The fraction of sp³-hybridized carbons (Fsp3) is 0.462. The molecule has 1 rings (SSSR count). The lowest BCUT2D eigenvalue weighted by atomic mass is 10.1. The molecule has 0 aliphatic carbocycles. The van der Waals surface area contributed by atoms with E-state index < -0.39 is 0 Å². The van der Waals surface area contributed by atoms with E-state index in [0.29, 0.717) is 12.5 Å². The minimum Gasteiger partial charge on any atom is -0.497 e. The predicted molar refractivity (Wildman–Crippen MR) is 71.4 cm³/mol. The lowest BCUT2D eigenvalue weighted by Crippen LogP contribution is -2.32. The third-order valence-electron chi connectivity index (χ3n) is 2.33. The molecule has 94 valence electrons. The number of hydrogen-bond donors (Lipinski definition) is 2. The summed E-state index contributed by atoms with van der Waals surface area (Å²) in [5, 5.41) is 3.04. The topological polar surface area (TPSA) is 59.6 Å². The van der Waals surface area contributed by atoms with Crippen molar-refractivity contribution in [3.63, 3.8) is 0 Å². The second-order valence-electron chi connectivity index (χ2n) is 3.99. The zero-order valence-corrected chi connectivity index (χ0v) is 10.8. The molecule has 0 saturated heterocycles. The molecular formula is C13H21N3O. The summed E-state index contributed by atoms with van der Waals surface area (Å²) in [4.78, 5) is 4.28. The van der Waals surface area contributed by atoms with E-state index in [1.165, 1.54) is 0 Å². The van der Waals surface area contributed by atoms with Gasteiger partial charge in [0.2, 0.25) is 0 Å². The molecule has 0 fully saturated rings. The predicted octanol–water partition coefficient (Wildman–Crippen LogP) is 1.82. The van der Waals surface area contributed by atoms with Gasteiger partial charge in [-0.1, -0.05) is 13.0 Å². The molecule has 1 aromatic rings. The van der Waals surface area contributed by atoms with Gasteiger partial charge in [-0.25, -0.2) is 4.99 Å². The molecule has 0 radical (unpaired) electrons. The van der Waals surface area contributed by atoms with E-state index in [4.69, 9.17) is 10.5 Å². The van der Waals surface area contributed by atoms with Crippen molar-refractivity contribution in [1.29, 1.82) is 0 Å². The van der Waals surface area contributed by atoms with E-state index in [-0.39, 0.29) is 0 Å². The Balaban J connectivity index is 2.65. The Kier molecular flexibility index (Phi) is 5.33. The number of hydrogen-bond acceptors (Lipinski definition) is 2. The van der Waals surface area contributed by atoms with Crippen molar-refractivity contribution in [2.45, 2.75) is 26.8 Å². The zero-order chi connectivity index (χ0) is 12.7. The van der Waals surface area contributed by atoms with Gasteiger partial charge in [-0.3, -0.25) is 0 Å². The molecule has 4 heteroatoms. The summed E-state index contributed by atoms with van der Waals surface area (Å²) < 4.78 is 5.21. The molecule has 0 saturated carbocycles. The van der Waals surface area contributed by atoms with Gasteiger partial charge in [-0.05, 0) is 36.6 Å². The van der Waals surface area contributed by atoms with Crippen LogP contribution >= 0.6 is 0 Å². The first kappa shape index (κ1) is 13.4. The van der Waals surface area contributed by atoms with E-state index in [1.807, 2.05) is 19.1 Å². The van der Waals surface area contributed by atoms with Crippen LogP contribution in [0.5, 0.6) is 5.75 Å². The van der Waals surface area contributed by atoms with Gasteiger partial charge in [0.15, 0.2) is 5.96 Å². The van der Waals surface area contributed by atoms with Crippen molar-refractivity contribution in [2.24, 2.45) is 10.7 Å². The third kappa shape index (κ3) is 4.76. The normalized spacial score (nSPS) is 11.4. The first-order valence-corrected chi connectivity index (χ1v) is 5.84. The van der Waals surface area contributed by atoms with Crippen LogP contribution in [-0.2, 0) is 6.54 Å². The van der Waals surface area contributed by atoms with Gasteiger partial charge < -0.3 is 15.8 Å². The molecule has 0 spiro atoms. The quantitative estimate of drug-likeness (QED) is 0.604. The van der Waals surface area contributed by atoms with Gasteiger partial charge in [-0.15, -0.1) is 0 Å². The summed E-state index contributed by atoms with van der Waals surface area (Å²) >= 11 is 0. The van der Waals surface area contributed by atoms with Gasteiger partial charge in [-0.2, -0.15) is 0 Å². The van der Waals surface area contributed by atoms with E-state index in [0.717, 1.165) is 29.8 Å². The first-order valence-electron chi connectivity index (χ1n) is 5.84. The number of aryl methyl sites for hydroxylation is 1. The fourth-order valence-electron chi connectivity index (χ4n) is 1.52. The first-order chi connectivity index (χ1) is 8.15. The number of benzene rings is 1. The molecular weight excluding hydrogens is 214 g/mol. The Bertz CT molecular complexity index is 388. The maximum Gasteiger partial charge on any atom is 0.188 e. The smallest absolute Gasteiger partial charge is 0.188 e. The molecule has 0 bridgehead atoms. The largest absolute Gasteiger partial charge is 0.497 e. The number of rotatable bonds is 5. The Morgan fingerprint density at radius 2 is 2.18 bits per heavy atom. The van der Waals surface area contributed by atoms with Crippen molar-refractivity contribution in [1.82, 2.24) is 5.32 Å². The van der Waals surface area contributed by atoms with Crippen LogP contribution in [0.25, 0.3) is 0 Å². The summed E-state index contributed by atoms with van der Waals surface area (Å²) in [5.41, 5.74) is 7.99. The Hall–Kier alpha value is -1.71. The summed E-state index contributed by atoms with van der Waals surface area (Å²) in [6, 6.07) is 6.05. The number of nitrogens with zero attached hydrogens (tertiary/aromatic N) is 1. The van der Waals surface area contributed by atoms with Crippen LogP contribution < -0.4 is 15.8 Å². The summed E-state index contributed by atoms with van der Waals surface area (Å²) in [5.74, 6) is 1.35. The highest BCUT2D eigenvalue weighted by Gasteiger charge is 1.98. The lowest BCUT2D eigenvalue weighted by molar-refractivity contribution is 0.414. The van der Waals surface area contributed by atoms with Crippen LogP contribution in [0, 0.1) is 6.92 Å². The molecule has 0 amide bonds. The van der Waals surface area contributed by atoms with Crippen molar-refractivity contribution in [3.8, 4) is 5.75 Å². The standard InChI is InChI=1S/C13H21N3O/c1-4-5-15-13(14)16-9-11-6-10(2)7-12(8-11)17-3/h6-8H,4-5,9H2,1-3H3,(H3,14,15,16). The SMILES string of the molecule is CCCNC(N)=NCc1cc(C)cc(OC)c1. The minimum absolute atomic E-state index is 0.493. The van der Waals surface area contributed by atoms with Gasteiger partial charge in [0, 0.05) is 6.54 Å². The van der Waals surface area contributed by atoms with Crippen molar-refractivity contribution in [3.05, 3.63) is 29.3 Å². The molecule has 0 aliphatic heterocycles. The van der Waals surface area contributed by atoms with Gasteiger partial charge in [0.1, 0.15) is 5.75 Å². The monoisotopic (exact) mass is 235 g/mol. The number of ether oxygens (including phenoxy) is 1. The van der Waals surface area contributed by atoms with Crippen LogP contribution in [0.3, 0.4) is 0 Å². The average molecular weight is 235 g/mol. The highest BCUT2D eigenvalue weighted by Crippen LogP contribution is 2.16.